The lowest BCUT2D eigenvalue weighted by Crippen LogP contribution is -2.28. The molecule has 0 unspecified atom stereocenters. The van der Waals surface area contributed by atoms with E-state index in [1.54, 1.807) is 0 Å². The van der Waals surface area contributed by atoms with E-state index in [1.807, 2.05) is 23.1 Å². The predicted molar refractivity (Wildman–Crippen MR) is 59.2 cm³/mol. The van der Waals surface area contributed by atoms with E-state index in [9.17, 15) is 0 Å². The number of aryl methyl sites for hydroxylation is 1. The van der Waals surface area contributed by atoms with Crippen molar-refractivity contribution in [3.8, 4) is 0 Å². The lowest BCUT2D eigenvalue weighted by Gasteiger charge is -2.18. The summed E-state index contributed by atoms with van der Waals surface area (Å²) >= 11 is 0. The van der Waals surface area contributed by atoms with Crippen LogP contribution in [0.25, 0.3) is 0 Å². The minimum atomic E-state index is 0.381. The summed E-state index contributed by atoms with van der Waals surface area (Å²) in [4.78, 5) is 0. The molecule has 1 aromatic heterocycles. The SMILES string of the molecule is CC(C)(C)CNCCCn1cccn1. The van der Waals surface area contributed by atoms with E-state index in [4.69, 9.17) is 0 Å². The molecule has 3 heteroatoms. The maximum Gasteiger partial charge on any atom is 0.0489 e. The number of aromatic nitrogens is 2. The molecule has 1 aromatic rings. The second-order valence-electron chi connectivity index (χ2n) is 4.86. The van der Waals surface area contributed by atoms with Crippen LogP contribution in [-0.2, 0) is 6.54 Å². The maximum atomic E-state index is 4.15. The van der Waals surface area contributed by atoms with Crippen LogP contribution in [0.4, 0.5) is 0 Å². The van der Waals surface area contributed by atoms with Gasteiger partial charge in [-0.3, -0.25) is 4.68 Å². The molecule has 0 aromatic carbocycles. The largest absolute Gasteiger partial charge is 0.316 e. The summed E-state index contributed by atoms with van der Waals surface area (Å²) in [5.41, 5.74) is 0.381. The third-order valence-corrected chi connectivity index (χ3v) is 1.96. The van der Waals surface area contributed by atoms with E-state index >= 15 is 0 Å². The van der Waals surface area contributed by atoms with Gasteiger partial charge in [0, 0.05) is 18.9 Å². The van der Waals surface area contributed by atoms with Crippen molar-refractivity contribution >= 4 is 0 Å². The van der Waals surface area contributed by atoms with Crippen LogP contribution in [0.3, 0.4) is 0 Å². The summed E-state index contributed by atoms with van der Waals surface area (Å²) in [5, 5.41) is 7.60. The average Bonchev–Trinajstić information content (AvgIpc) is 2.54. The fraction of sp³-hybridized carbons (Fsp3) is 0.727. The van der Waals surface area contributed by atoms with E-state index in [2.05, 4.69) is 31.2 Å². The van der Waals surface area contributed by atoms with E-state index in [1.165, 1.54) is 0 Å². The molecule has 0 bridgehead atoms. The lowest BCUT2D eigenvalue weighted by atomic mass is 9.97. The summed E-state index contributed by atoms with van der Waals surface area (Å²) in [7, 11) is 0. The highest BCUT2D eigenvalue weighted by molar-refractivity contribution is 4.77. The zero-order valence-electron chi connectivity index (χ0n) is 9.45. The maximum absolute atomic E-state index is 4.15. The smallest absolute Gasteiger partial charge is 0.0489 e. The Bertz CT molecular complexity index is 234. The summed E-state index contributed by atoms with van der Waals surface area (Å²) in [6, 6.07) is 1.96. The van der Waals surface area contributed by atoms with Crippen molar-refractivity contribution < 1.29 is 0 Å². The summed E-state index contributed by atoms with van der Waals surface area (Å²) in [6.07, 6.45) is 4.96. The average molecular weight is 195 g/mol. The zero-order valence-corrected chi connectivity index (χ0v) is 9.45. The van der Waals surface area contributed by atoms with Crippen molar-refractivity contribution in [2.75, 3.05) is 13.1 Å². The Kier molecular flexibility index (Phi) is 4.14. The molecule has 14 heavy (non-hydrogen) atoms. The van der Waals surface area contributed by atoms with E-state index < -0.39 is 0 Å². The Morgan fingerprint density at radius 3 is 2.71 bits per heavy atom. The molecule has 3 nitrogen and oxygen atoms in total. The van der Waals surface area contributed by atoms with Gasteiger partial charge < -0.3 is 5.32 Å². The second kappa shape index (κ2) is 5.15. The first-order chi connectivity index (χ1) is 6.58. The van der Waals surface area contributed by atoms with Gasteiger partial charge in [0.2, 0.25) is 0 Å². The van der Waals surface area contributed by atoms with Gasteiger partial charge in [-0.15, -0.1) is 0 Å². The Morgan fingerprint density at radius 2 is 2.14 bits per heavy atom. The Labute approximate surface area is 86.5 Å². The Balaban J connectivity index is 2.00. The number of nitrogens with one attached hydrogen (secondary N) is 1. The molecule has 0 saturated carbocycles. The standard InChI is InChI=1S/C11H21N3/c1-11(2,3)10-12-6-4-8-14-9-5-7-13-14/h5,7,9,12H,4,6,8,10H2,1-3H3. The molecular weight excluding hydrogens is 174 g/mol. The van der Waals surface area contributed by atoms with Gasteiger partial charge in [-0.25, -0.2) is 0 Å². The summed E-state index contributed by atoms with van der Waals surface area (Å²) < 4.78 is 1.97. The van der Waals surface area contributed by atoms with Crippen LogP contribution in [0.15, 0.2) is 18.5 Å². The van der Waals surface area contributed by atoms with Crippen molar-refractivity contribution in [2.45, 2.75) is 33.7 Å². The third-order valence-electron chi connectivity index (χ3n) is 1.96. The molecule has 0 radical (unpaired) electrons. The highest BCUT2D eigenvalue weighted by atomic mass is 15.3. The van der Waals surface area contributed by atoms with E-state index in [0.29, 0.717) is 5.41 Å². The van der Waals surface area contributed by atoms with E-state index in [0.717, 1.165) is 26.1 Å². The molecule has 0 atom stereocenters. The quantitative estimate of drug-likeness (QED) is 0.727. The van der Waals surface area contributed by atoms with Crippen LogP contribution >= 0.6 is 0 Å². The second-order valence-corrected chi connectivity index (χ2v) is 4.86. The molecule has 0 saturated heterocycles. The molecule has 0 amide bonds. The molecule has 0 aliphatic rings. The third kappa shape index (κ3) is 5.02. The summed E-state index contributed by atoms with van der Waals surface area (Å²) in [5.74, 6) is 0. The number of rotatable bonds is 5. The van der Waals surface area contributed by atoms with Gasteiger partial charge in [0.15, 0.2) is 0 Å². The van der Waals surface area contributed by atoms with Crippen molar-refractivity contribution in [1.29, 1.82) is 0 Å². The minimum Gasteiger partial charge on any atom is -0.316 e. The molecule has 1 rings (SSSR count). The van der Waals surface area contributed by atoms with Crippen LogP contribution < -0.4 is 5.32 Å². The van der Waals surface area contributed by atoms with Gasteiger partial charge in [0.05, 0.1) is 0 Å². The van der Waals surface area contributed by atoms with E-state index in [-0.39, 0.29) is 0 Å². The number of nitrogens with zero attached hydrogens (tertiary/aromatic N) is 2. The van der Waals surface area contributed by atoms with Crippen LogP contribution in [0, 0.1) is 5.41 Å². The molecule has 0 fully saturated rings. The lowest BCUT2D eigenvalue weighted by molar-refractivity contribution is 0.375. The van der Waals surface area contributed by atoms with Gasteiger partial charge in [-0.2, -0.15) is 5.10 Å². The highest BCUT2D eigenvalue weighted by Crippen LogP contribution is 2.09. The molecule has 0 aliphatic heterocycles. The minimum absolute atomic E-state index is 0.381. The van der Waals surface area contributed by atoms with Crippen molar-refractivity contribution in [1.82, 2.24) is 15.1 Å². The Hall–Kier alpha value is -0.830. The fourth-order valence-corrected chi connectivity index (χ4v) is 1.26. The first-order valence-electron chi connectivity index (χ1n) is 5.26. The van der Waals surface area contributed by atoms with Gasteiger partial charge in [0.25, 0.3) is 0 Å². The van der Waals surface area contributed by atoms with Gasteiger partial charge >= 0.3 is 0 Å². The topological polar surface area (TPSA) is 29.9 Å². The van der Waals surface area contributed by atoms with Crippen LogP contribution in [0.5, 0.6) is 0 Å². The molecule has 1 heterocycles. The van der Waals surface area contributed by atoms with Gasteiger partial charge in [-0.05, 0) is 31.0 Å². The monoisotopic (exact) mass is 195 g/mol. The molecule has 1 N–H and O–H groups in total. The highest BCUT2D eigenvalue weighted by Gasteiger charge is 2.07. The molecular formula is C11H21N3. The van der Waals surface area contributed by atoms with Crippen molar-refractivity contribution in [3.63, 3.8) is 0 Å². The first kappa shape index (κ1) is 11.2. The summed E-state index contributed by atoms with van der Waals surface area (Å²) in [6.45, 7) is 9.88. The predicted octanol–water partition coefficient (Wildman–Crippen LogP) is 1.91. The zero-order chi connectivity index (χ0) is 10.4. The van der Waals surface area contributed by atoms with Crippen LogP contribution in [0.2, 0.25) is 0 Å². The first-order valence-corrected chi connectivity index (χ1v) is 5.26. The normalized spacial score (nSPS) is 11.9. The van der Waals surface area contributed by atoms with Crippen molar-refractivity contribution in [2.24, 2.45) is 5.41 Å². The van der Waals surface area contributed by atoms with Gasteiger partial charge in [-0.1, -0.05) is 20.8 Å². The van der Waals surface area contributed by atoms with Crippen LogP contribution in [0.1, 0.15) is 27.2 Å². The Morgan fingerprint density at radius 1 is 1.36 bits per heavy atom. The molecule has 80 valence electrons. The van der Waals surface area contributed by atoms with Gasteiger partial charge in [0.1, 0.15) is 0 Å². The van der Waals surface area contributed by atoms with Crippen LogP contribution in [-0.4, -0.2) is 22.9 Å². The number of hydrogen-bond acceptors (Lipinski definition) is 2. The molecule has 0 spiro atoms. The molecule has 0 aliphatic carbocycles. The number of hydrogen-bond donors (Lipinski definition) is 1. The van der Waals surface area contributed by atoms with Crippen molar-refractivity contribution in [3.05, 3.63) is 18.5 Å². The fourth-order valence-electron chi connectivity index (χ4n) is 1.26.